The summed E-state index contributed by atoms with van der Waals surface area (Å²) in [6.07, 6.45) is -0.876. The number of hydrogen-bond donors (Lipinski definition) is 0. The fraction of sp³-hybridized carbons (Fsp3) is 0.364. The summed E-state index contributed by atoms with van der Waals surface area (Å²) in [7, 11) is 2.74. The van der Waals surface area contributed by atoms with Gasteiger partial charge in [0.2, 0.25) is 6.29 Å². The van der Waals surface area contributed by atoms with Crippen LogP contribution in [0.2, 0.25) is 5.02 Å². The van der Waals surface area contributed by atoms with Crippen molar-refractivity contribution >= 4 is 17.4 Å². The zero-order valence-electron chi connectivity index (χ0n) is 9.00. The molecule has 0 spiro atoms. The SMILES string of the molecule is COC(OC)C(=O)Cc1ccc(Cl)c(F)c1. The third-order valence-electron chi connectivity index (χ3n) is 2.05. The van der Waals surface area contributed by atoms with Crippen molar-refractivity contribution in [3.05, 3.63) is 34.6 Å². The smallest absolute Gasteiger partial charge is 0.217 e. The van der Waals surface area contributed by atoms with Crippen LogP contribution in [0.25, 0.3) is 0 Å². The maximum absolute atomic E-state index is 13.1. The highest BCUT2D eigenvalue weighted by Crippen LogP contribution is 2.16. The van der Waals surface area contributed by atoms with Gasteiger partial charge in [0.25, 0.3) is 0 Å². The Morgan fingerprint density at radius 2 is 2.06 bits per heavy atom. The van der Waals surface area contributed by atoms with E-state index < -0.39 is 12.1 Å². The first-order valence-electron chi connectivity index (χ1n) is 4.60. The second kappa shape index (κ2) is 5.94. The number of ether oxygens (including phenoxy) is 2. The molecule has 0 heterocycles. The fourth-order valence-electron chi connectivity index (χ4n) is 1.29. The number of carbonyl (C=O) groups is 1. The maximum atomic E-state index is 13.1. The highest BCUT2D eigenvalue weighted by Gasteiger charge is 2.17. The quantitative estimate of drug-likeness (QED) is 0.748. The number of rotatable bonds is 5. The average Bonchev–Trinajstić information content (AvgIpc) is 2.25. The molecule has 0 aliphatic carbocycles. The normalized spacial score (nSPS) is 10.8. The van der Waals surface area contributed by atoms with Crippen LogP contribution in [0.5, 0.6) is 0 Å². The zero-order valence-corrected chi connectivity index (χ0v) is 9.75. The molecule has 0 aliphatic rings. The molecule has 0 unspecified atom stereocenters. The monoisotopic (exact) mass is 246 g/mol. The second-order valence-electron chi connectivity index (χ2n) is 3.19. The lowest BCUT2D eigenvalue weighted by atomic mass is 10.1. The lowest BCUT2D eigenvalue weighted by Gasteiger charge is -2.11. The third kappa shape index (κ3) is 3.27. The van der Waals surface area contributed by atoms with Gasteiger partial charge in [-0.1, -0.05) is 17.7 Å². The van der Waals surface area contributed by atoms with E-state index in [1.165, 1.54) is 26.4 Å². The molecule has 0 amide bonds. The number of hydrogen-bond acceptors (Lipinski definition) is 3. The number of carbonyl (C=O) groups excluding carboxylic acids is 1. The van der Waals surface area contributed by atoms with Crippen LogP contribution < -0.4 is 0 Å². The largest absolute Gasteiger partial charge is 0.349 e. The number of ketones is 1. The molecule has 0 radical (unpaired) electrons. The molecular formula is C11H12ClFO3. The minimum absolute atomic E-state index is 0.0335. The fourth-order valence-corrected chi connectivity index (χ4v) is 1.41. The van der Waals surface area contributed by atoms with Crippen LogP contribution in [0.4, 0.5) is 4.39 Å². The van der Waals surface area contributed by atoms with E-state index in [2.05, 4.69) is 0 Å². The lowest BCUT2D eigenvalue weighted by molar-refractivity contribution is -0.155. The van der Waals surface area contributed by atoms with Crippen LogP contribution in [0, 0.1) is 5.82 Å². The molecule has 5 heteroatoms. The van der Waals surface area contributed by atoms with Crippen molar-refractivity contribution in [1.29, 1.82) is 0 Å². The van der Waals surface area contributed by atoms with Crippen molar-refractivity contribution in [2.24, 2.45) is 0 Å². The molecule has 0 bridgehead atoms. The van der Waals surface area contributed by atoms with Crippen LogP contribution in [0.15, 0.2) is 18.2 Å². The van der Waals surface area contributed by atoms with E-state index in [4.69, 9.17) is 21.1 Å². The Bertz CT molecular complexity index is 377. The minimum atomic E-state index is -0.918. The van der Waals surface area contributed by atoms with Crippen molar-refractivity contribution in [2.75, 3.05) is 14.2 Å². The van der Waals surface area contributed by atoms with Crippen LogP contribution >= 0.6 is 11.6 Å². The molecule has 88 valence electrons. The van der Waals surface area contributed by atoms with Gasteiger partial charge in [-0.25, -0.2) is 4.39 Å². The van der Waals surface area contributed by atoms with Gasteiger partial charge in [-0.2, -0.15) is 0 Å². The number of Topliss-reactive ketones (excluding diaryl/α,β-unsaturated/α-hetero) is 1. The summed E-state index contributed by atoms with van der Waals surface area (Å²) in [5.74, 6) is -0.815. The number of benzene rings is 1. The average molecular weight is 247 g/mol. The molecule has 1 aromatic carbocycles. The molecule has 0 N–H and O–H groups in total. The number of halogens is 2. The van der Waals surface area contributed by atoms with E-state index in [0.717, 1.165) is 0 Å². The topological polar surface area (TPSA) is 35.5 Å². The molecular weight excluding hydrogens is 235 g/mol. The molecule has 1 rings (SSSR count). The maximum Gasteiger partial charge on any atom is 0.217 e. The first kappa shape index (κ1) is 13.1. The van der Waals surface area contributed by atoms with E-state index in [-0.39, 0.29) is 17.2 Å². The van der Waals surface area contributed by atoms with Gasteiger partial charge in [0.05, 0.1) is 5.02 Å². The first-order chi connectivity index (χ1) is 7.58. The van der Waals surface area contributed by atoms with E-state index in [9.17, 15) is 9.18 Å². The van der Waals surface area contributed by atoms with Gasteiger partial charge in [-0.05, 0) is 17.7 Å². The van der Waals surface area contributed by atoms with Gasteiger partial charge in [-0.15, -0.1) is 0 Å². The molecule has 0 saturated carbocycles. The van der Waals surface area contributed by atoms with Crippen molar-refractivity contribution in [1.82, 2.24) is 0 Å². The highest BCUT2D eigenvalue weighted by atomic mass is 35.5. The van der Waals surface area contributed by atoms with Gasteiger partial charge in [-0.3, -0.25) is 4.79 Å². The van der Waals surface area contributed by atoms with Crippen molar-refractivity contribution in [3.63, 3.8) is 0 Å². The molecule has 0 saturated heterocycles. The minimum Gasteiger partial charge on any atom is -0.349 e. The van der Waals surface area contributed by atoms with Gasteiger partial charge < -0.3 is 9.47 Å². The predicted octanol–water partition coefficient (Wildman–Crippen LogP) is 2.21. The summed E-state index contributed by atoms with van der Waals surface area (Å²) in [6, 6.07) is 4.22. The van der Waals surface area contributed by atoms with E-state index in [1.54, 1.807) is 6.07 Å². The van der Waals surface area contributed by atoms with Gasteiger partial charge in [0, 0.05) is 20.6 Å². The summed E-state index contributed by atoms with van der Waals surface area (Å²) < 4.78 is 22.7. The van der Waals surface area contributed by atoms with Crippen LogP contribution in [-0.4, -0.2) is 26.3 Å². The molecule has 0 fully saturated rings. The summed E-state index contributed by atoms with van der Waals surface area (Å²) in [5.41, 5.74) is 0.533. The zero-order chi connectivity index (χ0) is 12.1. The standard InChI is InChI=1S/C11H12ClFO3/c1-15-11(16-2)10(14)6-7-3-4-8(12)9(13)5-7/h3-5,11H,6H2,1-2H3. The molecule has 3 nitrogen and oxygen atoms in total. The molecule has 16 heavy (non-hydrogen) atoms. The van der Waals surface area contributed by atoms with E-state index in [1.807, 2.05) is 0 Å². The van der Waals surface area contributed by atoms with Gasteiger partial charge in [0.1, 0.15) is 5.82 Å². The summed E-state index contributed by atoms with van der Waals surface area (Å²) in [6.45, 7) is 0. The van der Waals surface area contributed by atoms with E-state index in [0.29, 0.717) is 5.56 Å². The molecule has 0 aliphatic heterocycles. The predicted molar refractivity (Wildman–Crippen MR) is 57.9 cm³/mol. The molecule has 0 aromatic heterocycles. The van der Waals surface area contributed by atoms with Crippen molar-refractivity contribution in [2.45, 2.75) is 12.7 Å². The van der Waals surface area contributed by atoms with Crippen LogP contribution in [0.3, 0.4) is 0 Å². The van der Waals surface area contributed by atoms with Crippen molar-refractivity contribution in [3.8, 4) is 0 Å². The Morgan fingerprint density at radius 1 is 1.44 bits per heavy atom. The Balaban J connectivity index is 2.73. The van der Waals surface area contributed by atoms with Crippen molar-refractivity contribution < 1.29 is 18.7 Å². The Labute approximate surface area is 98.1 Å². The van der Waals surface area contributed by atoms with Gasteiger partial charge in [0.15, 0.2) is 5.78 Å². The first-order valence-corrected chi connectivity index (χ1v) is 4.98. The van der Waals surface area contributed by atoms with E-state index >= 15 is 0 Å². The Morgan fingerprint density at radius 3 is 2.56 bits per heavy atom. The number of methoxy groups -OCH3 is 2. The van der Waals surface area contributed by atoms with Gasteiger partial charge >= 0.3 is 0 Å². The summed E-state index contributed by atoms with van der Waals surface area (Å²) >= 11 is 5.52. The summed E-state index contributed by atoms with van der Waals surface area (Å²) in [5, 5.41) is 0.0335. The van der Waals surface area contributed by atoms with Crippen LogP contribution in [-0.2, 0) is 20.7 Å². The Kier molecular flexibility index (Phi) is 4.86. The lowest BCUT2D eigenvalue weighted by Crippen LogP contribution is -2.26. The molecule has 0 atom stereocenters. The Hall–Kier alpha value is -0.970. The summed E-state index contributed by atoms with van der Waals surface area (Å²) in [4.78, 5) is 11.6. The highest BCUT2D eigenvalue weighted by molar-refractivity contribution is 6.30. The third-order valence-corrected chi connectivity index (χ3v) is 2.36. The second-order valence-corrected chi connectivity index (χ2v) is 3.60. The van der Waals surface area contributed by atoms with Crippen LogP contribution in [0.1, 0.15) is 5.56 Å². The molecule has 1 aromatic rings.